The molecule has 7 nitrogen and oxygen atoms in total. The van der Waals surface area contributed by atoms with Gasteiger partial charge < -0.3 is 19.1 Å². The molecule has 238 valence electrons. The quantitative estimate of drug-likeness (QED) is 0.148. The summed E-state index contributed by atoms with van der Waals surface area (Å²) in [6.45, 7) is 2.68. The molecular weight excluding hydrogens is 608 g/mol. The summed E-state index contributed by atoms with van der Waals surface area (Å²) in [6.07, 6.45) is 2.08. The lowest BCUT2D eigenvalue weighted by molar-refractivity contribution is 0.268. The molecule has 3 heterocycles. The number of nitrogens with zero attached hydrogens (tertiary/aromatic N) is 4. The number of benzene rings is 4. The molecule has 8 heteroatoms. The number of halogens is 1. The number of hydrogen-bond donors (Lipinski definition) is 0. The summed E-state index contributed by atoms with van der Waals surface area (Å²) in [6, 6.07) is 36.7. The fourth-order valence-corrected chi connectivity index (χ4v) is 6.60. The van der Waals surface area contributed by atoms with E-state index < -0.39 is 0 Å². The van der Waals surface area contributed by atoms with Crippen LogP contribution in [0.15, 0.2) is 109 Å². The number of hydrogen-bond acceptors (Lipinski definition) is 6. The van der Waals surface area contributed by atoms with Crippen LogP contribution in [0.5, 0.6) is 17.5 Å². The lowest BCUT2D eigenvalue weighted by Crippen LogP contribution is -2.33. The number of pyridine rings is 1. The molecule has 0 radical (unpaired) electrons. The van der Waals surface area contributed by atoms with E-state index in [1.54, 1.807) is 7.11 Å². The molecule has 1 aliphatic rings. The summed E-state index contributed by atoms with van der Waals surface area (Å²) in [7, 11) is 3.68. The summed E-state index contributed by atoms with van der Waals surface area (Å²) in [5.41, 5.74) is 7.34. The van der Waals surface area contributed by atoms with E-state index in [4.69, 9.17) is 35.9 Å². The number of rotatable bonds is 10. The van der Waals surface area contributed by atoms with E-state index in [0.29, 0.717) is 35.9 Å². The smallest absolute Gasteiger partial charge is 0.226 e. The monoisotopic (exact) mass is 644 g/mol. The molecule has 7 rings (SSSR count). The van der Waals surface area contributed by atoms with Gasteiger partial charge >= 0.3 is 0 Å². The largest absolute Gasteiger partial charge is 0.495 e. The standard InChI is InChI=1S/C39H37ClN4O3/c1-43-38-31(14-9-15-34(38)44-22-20-29(21-23-44)30-16-18-33(40)35(24-30)45-2)37(42-43)32-17-19-36(46-25-27-10-5-3-6-11-27)41-39(32)47-26-28-12-7-4-8-13-28/h3-19,24,29H,20-23,25-26H2,1-2H3. The van der Waals surface area contributed by atoms with Gasteiger partial charge in [0.1, 0.15) is 24.7 Å². The van der Waals surface area contributed by atoms with Gasteiger partial charge in [-0.2, -0.15) is 10.1 Å². The SMILES string of the molecule is COc1cc(C2CCN(c3cccc4c(-c5ccc(OCc6ccccc6)nc5OCc5ccccc5)nn(C)c34)CC2)ccc1Cl. The average Bonchev–Trinajstić information content (AvgIpc) is 3.47. The van der Waals surface area contributed by atoms with Gasteiger partial charge in [-0.15, -0.1) is 0 Å². The number of para-hydroxylation sites is 1. The van der Waals surface area contributed by atoms with E-state index in [0.717, 1.165) is 65.0 Å². The van der Waals surface area contributed by atoms with Crippen molar-refractivity contribution in [2.75, 3.05) is 25.1 Å². The molecular formula is C39H37ClN4O3. The molecule has 0 N–H and O–H groups in total. The Balaban J connectivity index is 1.17. The Labute approximate surface area is 280 Å². The van der Waals surface area contributed by atoms with Crippen molar-refractivity contribution in [3.63, 3.8) is 0 Å². The highest BCUT2D eigenvalue weighted by molar-refractivity contribution is 6.32. The van der Waals surface area contributed by atoms with Crippen molar-refractivity contribution >= 4 is 28.2 Å². The molecule has 0 bridgehead atoms. The second kappa shape index (κ2) is 13.8. The number of piperidine rings is 1. The first-order valence-electron chi connectivity index (χ1n) is 16.0. The van der Waals surface area contributed by atoms with Crippen molar-refractivity contribution in [3.8, 4) is 28.8 Å². The van der Waals surface area contributed by atoms with Crippen molar-refractivity contribution < 1.29 is 14.2 Å². The lowest BCUT2D eigenvalue weighted by Gasteiger charge is -2.34. The highest BCUT2D eigenvalue weighted by atomic mass is 35.5. The van der Waals surface area contributed by atoms with Crippen molar-refractivity contribution in [1.82, 2.24) is 14.8 Å². The van der Waals surface area contributed by atoms with Crippen LogP contribution in [0.2, 0.25) is 5.02 Å². The first-order valence-corrected chi connectivity index (χ1v) is 16.3. The van der Waals surface area contributed by atoms with Crippen molar-refractivity contribution in [1.29, 1.82) is 0 Å². The number of ether oxygens (including phenoxy) is 3. The van der Waals surface area contributed by atoms with Crippen LogP contribution in [0.3, 0.4) is 0 Å². The van der Waals surface area contributed by atoms with Gasteiger partial charge in [0.2, 0.25) is 11.8 Å². The zero-order chi connectivity index (χ0) is 32.2. The molecule has 1 fully saturated rings. The van der Waals surface area contributed by atoms with E-state index in [2.05, 4.69) is 35.2 Å². The van der Waals surface area contributed by atoms with Crippen molar-refractivity contribution in [2.45, 2.75) is 32.0 Å². The van der Waals surface area contributed by atoms with E-state index in [1.165, 1.54) is 11.3 Å². The van der Waals surface area contributed by atoms with Crippen LogP contribution in [0, 0.1) is 0 Å². The summed E-state index contributed by atoms with van der Waals surface area (Å²) < 4.78 is 19.9. The Morgan fingerprint density at radius 3 is 2.19 bits per heavy atom. The minimum atomic E-state index is 0.382. The summed E-state index contributed by atoms with van der Waals surface area (Å²) >= 11 is 6.30. The third-order valence-electron chi connectivity index (χ3n) is 8.86. The normalized spacial score (nSPS) is 13.6. The number of methoxy groups -OCH3 is 1. The molecule has 0 unspecified atom stereocenters. The Morgan fingerprint density at radius 2 is 1.49 bits per heavy atom. The van der Waals surface area contributed by atoms with Gasteiger partial charge in [0.15, 0.2) is 0 Å². The van der Waals surface area contributed by atoms with E-state index in [-0.39, 0.29) is 0 Å². The molecule has 47 heavy (non-hydrogen) atoms. The van der Waals surface area contributed by atoms with Gasteiger partial charge in [-0.3, -0.25) is 4.68 Å². The lowest BCUT2D eigenvalue weighted by atomic mass is 9.89. The molecule has 0 atom stereocenters. The van der Waals surface area contributed by atoms with Gasteiger partial charge in [0.05, 0.1) is 28.9 Å². The highest BCUT2D eigenvalue weighted by Crippen LogP contribution is 2.40. The number of anilines is 1. The second-order valence-electron chi connectivity index (χ2n) is 11.9. The van der Waals surface area contributed by atoms with Gasteiger partial charge in [0, 0.05) is 31.6 Å². The molecule has 1 saturated heterocycles. The molecule has 0 amide bonds. The van der Waals surface area contributed by atoms with Crippen LogP contribution in [0.4, 0.5) is 5.69 Å². The zero-order valence-corrected chi connectivity index (χ0v) is 27.4. The third-order valence-corrected chi connectivity index (χ3v) is 9.18. The van der Waals surface area contributed by atoms with Crippen molar-refractivity contribution in [2.24, 2.45) is 7.05 Å². The predicted molar refractivity (Wildman–Crippen MR) is 188 cm³/mol. The summed E-state index contributed by atoms with van der Waals surface area (Å²) in [5, 5.41) is 6.75. The average molecular weight is 645 g/mol. The van der Waals surface area contributed by atoms with Crippen LogP contribution in [0.25, 0.3) is 22.2 Å². The summed E-state index contributed by atoms with van der Waals surface area (Å²) in [4.78, 5) is 7.32. The predicted octanol–water partition coefficient (Wildman–Crippen LogP) is 8.84. The Bertz CT molecular complexity index is 1970. The van der Waals surface area contributed by atoms with Crippen LogP contribution in [-0.2, 0) is 20.3 Å². The maximum atomic E-state index is 6.38. The number of fused-ring (bicyclic) bond motifs is 1. The van der Waals surface area contributed by atoms with E-state index in [9.17, 15) is 0 Å². The van der Waals surface area contributed by atoms with Gasteiger partial charge in [0.25, 0.3) is 0 Å². The fraction of sp³-hybridized carbons (Fsp3) is 0.231. The maximum absolute atomic E-state index is 6.38. The maximum Gasteiger partial charge on any atom is 0.226 e. The third kappa shape index (κ3) is 6.62. The topological polar surface area (TPSA) is 61.6 Å². The van der Waals surface area contributed by atoms with Gasteiger partial charge in [-0.1, -0.05) is 90.5 Å². The molecule has 6 aromatic rings. The van der Waals surface area contributed by atoms with E-state index in [1.807, 2.05) is 90.6 Å². The highest BCUT2D eigenvalue weighted by Gasteiger charge is 2.25. The molecule has 2 aromatic heterocycles. The zero-order valence-electron chi connectivity index (χ0n) is 26.6. The first kappa shape index (κ1) is 30.6. The van der Waals surface area contributed by atoms with Crippen LogP contribution in [0.1, 0.15) is 35.4 Å². The summed E-state index contributed by atoms with van der Waals surface area (Å²) in [5.74, 6) is 2.18. The van der Waals surface area contributed by atoms with Gasteiger partial charge in [-0.05, 0) is 59.7 Å². The van der Waals surface area contributed by atoms with E-state index >= 15 is 0 Å². The van der Waals surface area contributed by atoms with Crippen LogP contribution in [-0.4, -0.2) is 35.0 Å². The minimum Gasteiger partial charge on any atom is -0.495 e. The Kier molecular flexibility index (Phi) is 8.98. The molecule has 1 aliphatic heterocycles. The number of aryl methyl sites for hydroxylation is 1. The fourth-order valence-electron chi connectivity index (χ4n) is 6.41. The van der Waals surface area contributed by atoms with Gasteiger partial charge in [-0.25, -0.2) is 0 Å². The second-order valence-corrected chi connectivity index (χ2v) is 12.3. The molecule has 4 aromatic carbocycles. The van der Waals surface area contributed by atoms with Crippen LogP contribution < -0.4 is 19.1 Å². The molecule has 0 aliphatic carbocycles. The molecule has 0 saturated carbocycles. The Morgan fingerprint density at radius 1 is 0.787 bits per heavy atom. The minimum absolute atomic E-state index is 0.382. The number of aromatic nitrogens is 3. The van der Waals surface area contributed by atoms with Crippen molar-refractivity contribution in [3.05, 3.63) is 131 Å². The molecule has 0 spiro atoms. The first-order chi connectivity index (χ1) is 23.1. The van der Waals surface area contributed by atoms with Crippen LogP contribution >= 0.6 is 11.6 Å². The Hall–Kier alpha value is -5.01.